The molecule has 2 rings (SSSR count). The second kappa shape index (κ2) is 5.19. The summed E-state index contributed by atoms with van der Waals surface area (Å²) in [6.07, 6.45) is 0.602. The zero-order valence-electron chi connectivity index (χ0n) is 10.0. The third-order valence-corrected chi connectivity index (χ3v) is 2.60. The molecular weight excluding hydrogens is 238 g/mol. The Bertz CT molecular complexity index is 457. The number of fused-ring (bicyclic) bond motifs is 1. The quantitative estimate of drug-likeness (QED) is 0.476. The number of nitrogens with zero attached hydrogens (tertiary/aromatic N) is 2. The van der Waals surface area contributed by atoms with Crippen molar-refractivity contribution in [1.82, 2.24) is 15.4 Å². The molecule has 0 aromatic carbocycles. The van der Waals surface area contributed by atoms with Crippen LogP contribution in [0.4, 0.5) is 4.79 Å². The molecule has 1 atom stereocenters. The molecule has 1 aliphatic heterocycles. The van der Waals surface area contributed by atoms with Gasteiger partial charge in [0.1, 0.15) is 11.5 Å². The monoisotopic (exact) mass is 253 g/mol. The Morgan fingerprint density at radius 2 is 2.61 bits per heavy atom. The van der Waals surface area contributed by atoms with E-state index in [0.717, 1.165) is 0 Å². The van der Waals surface area contributed by atoms with E-state index >= 15 is 0 Å². The molecule has 18 heavy (non-hydrogen) atoms. The van der Waals surface area contributed by atoms with Crippen molar-refractivity contribution in [2.24, 2.45) is 0 Å². The van der Waals surface area contributed by atoms with E-state index in [1.165, 1.54) is 4.90 Å². The van der Waals surface area contributed by atoms with Crippen molar-refractivity contribution in [1.29, 1.82) is 0 Å². The van der Waals surface area contributed by atoms with Crippen molar-refractivity contribution in [3.63, 3.8) is 0 Å². The van der Waals surface area contributed by atoms with Crippen molar-refractivity contribution >= 4 is 6.09 Å². The summed E-state index contributed by atoms with van der Waals surface area (Å²) in [5, 5.41) is 9.04. The first-order valence-electron chi connectivity index (χ1n) is 5.54. The van der Waals surface area contributed by atoms with Crippen molar-refractivity contribution in [3.8, 4) is 0 Å². The van der Waals surface area contributed by atoms with Gasteiger partial charge in [0.2, 0.25) is 0 Å². The van der Waals surface area contributed by atoms with Crippen LogP contribution in [0, 0.1) is 6.92 Å². The number of nitrogens with one attached hydrogen (secondary N) is 1. The number of aryl methyl sites for hydroxylation is 1. The van der Waals surface area contributed by atoms with Gasteiger partial charge in [0, 0.05) is 13.5 Å². The zero-order chi connectivity index (χ0) is 13.1. The molecule has 0 aliphatic carbocycles. The van der Waals surface area contributed by atoms with E-state index in [0.29, 0.717) is 24.0 Å². The normalized spacial score (nSPS) is 18.5. The third-order valence-electron chi connectivity index (χ3n) is 2.60. The summed E-state index contributed by atoms with van der Waals surface area (Å²) in [6.45, 7) is 6.07. The van der Waals surface area contributed by atoms with E-state index < -0.39 is 6.09 Å². The lowest BCUT2D eigenvalue weighted by Gasteiger charge is -2.28. The molecule has 0 radical (unpaired) electrons. The second-order valence-corrected chi connectivity index (χ2v) is 3.97. The van der Waals surface area contributed by atoms with Crippen molar-refractivity contribution < 1.29 is 19.2 Å². The predicted molar refractivity (Wildman–Crippen MR) is 61.7 cm³/mol. The van der Waals surface area contributed by atoms with Crippen LogP contribution in [0.1, 0.15) is 23.4 Å². The SMILES string of the molecule is C=CCONC1CN(C(=O)O)Cc2oc(C)nc21. The number of amides is 1. The molecule has 0 saturated carbocycles. The number of oxazole rings is 1. The van der Waals surface area contributed by atoms with E-state index in [1.807, 2.05) is 0 Å². The third kappa shape index (κ3) is 2.52. The first-order valence-corrected chi connectivity index (χ1v) is 5.54. The zero-order valence-corrected chi connectivity index (χ0v) is 10.0. The van der Waals surface area contributed by atoms with Crippen LogP contribution in [0.2, 0.25) is 0 Å². The number of carboxylic acid groups (broad SMARTS) is 1. The lowest BCUT2D eigenvalue weighted by atomic mass is 10.1. The maximum atomic E-state index is 11.0. The Balaban J connectivity index is 2.16. The molecule has 7 nitrogen and oxygen atoms in total. The maximum Gasteiger partial charge on any atom is 0.407 e. The molecule has 1 amide bonds. The molecule has 1 aromatic heterocycles. The number of aromatic nitrogens is 1. The fourth-order valence-corrected chi connectivity index (χ4v) is 1.86. The average molecular weight is 253 g/mol. The molecule has 1 aliphatic rings. The van der Waals surface area contributed by atoms with Crippen LogP contribution in [0.5, 0.6) is 0 Å². The average Bonchev–Trinajstić information content (AvgIpc) is 2.69. The number of carbonyl (C=O) groups is 1. The second-order valence-electron chi connectivity index (χ2n) is 3.97. The molecule has 1 aromatic rings. The van der Waals surface area contributed by atoms with Gasteiger partial charge in [-0.25, -0.2) is 9.78 Å². The minimum atomic E-state index is -0.995. The van der Waals surface area contributed by atoms with Crippen LogP contribution in [0.15, 0.2) is 17.1 Å². The smallest absolute Gasteiger partial charge is 0.407 e. The van der Waals surface area contributed by atoms with Crippen LogP contribution in [-0.4, -0.2) is 34.2 Å². The van der Waals surface area contributed by atoms with Gasteiger partial charge in [-0.3, -0.25) is 9.74 Å². The molecule has 0 bridgehead atoms. The van der Waals surface area contributed by atoms with Gasteiger partial charge < -0.3 is 9.52 Å². The highest BCUT2D eigenvalue weighted by Crippen LogP contribution is 2.26. The summed E-state index contributed by atoms with van der Waals surface area (Å²) in [5.41, 5.74) is 3.48. The Kier molecular flexibility index (Phi) is 3.63. The van der Waals surface area contributed by atoms with E-state index in [9.17, 15) is 4.79 Å². The Morgan fingerprint density at radius 1 is 1.83 bits per heavy atom. The van der Waals surface area contributed by atoms with Crippen LogP contribution in [-0.2, 0) is 11.4 Å². The largest absolute Gasteiger partial charge is 0.465 e. The van der Waals surface area contributed by atoms with Crippen LogP contribution < -0.4 is 5.48 Å². The first kappa shape index (κ1) is 12.6. The van der Waals surface area contributed by atoms with Crippen LogP contribution in [0.3, 0.4) is 0 Å². The van der Waals surface area contributed by atoms with Crippen LogP contribution in [0.25, 0.3) is 0 Å². The van der Waals surface area contributed by atoms with Gasteiger partial charge >= 0.3 is 6.09 Å². The van der Waals surface area contributed by atoms with Gasteiger partial charge in [-0.05, 0) is 0 Å². The number of hydrogen-bond donors (Lipinski definition) is 2. The predicted octanol–water partition coefficient (Wildman–Crippen LogP) is 1.22. The molecule has 0 spiro atoms. The lowest BCUT2D eigenvalue weighted by molar-refractivity contribution is 0.0164. The fourth-order valence-electron chi connectivity index (χ4n) is 1.86. The van der Waals surface area contributed by atoms with Gasteiger partial charge in [0.05, 0.1) is 19.2 Å². The summed E-state index contributed by atoms with van der Waals surface area (Å²) < 4.78 is 5.39. The maximum absolute atomic E-state index is 11.0. The summed E-state index contributed by atoms with van der Waals surface area (Å²) >= 11 is 0. The van der Waals surface area contributed by atoms with E-state index in [-0.39, 0.29) is 19.1 Å². The van der Waals surface area contributed by atoms with Gasteiger partial charge in [0.15, 0.2) is 5.89 Å². The Hall–Kier alpha value is -1.86. The number of hydrogen-bond acceptors (Lipinski definition) is 5. The summed E-state index contributed by atoms with van der Waals surface area (Å²) in [6, 6.07) is -0.331. The Morgan fingerprint density at radius 3 is 3.28 bits per heavy atom. The summed E-state index contributed by atoms with van der Waals surface area (Å²) in [5.74, 6) is 1.07. The van der Waals surface area contributed by atoms with E-state index in [2.05, 4.69) is 17.0 Å². The molecular formula is C11H15N3O4. The summed E-state index contributed by atoms with van der Waals surface area (Å²) in [4.78, 5) is 21.7. The topological polar surface area (TPSA) is 87.8 Å². The molecule has 0 saturated heterocycles. The van der Waals surface area contributed by atoms with Gasteiger partial charge in [-0.15, -0.1) is 6.58 Å². The fraction of sp³-hybridized carbons (Fsp3) is 0.455. The minimum absolute atomic E-state index is 0.213. The molecule has 0 fully saturated rings. The molecule has 1 unspecified atom stereocenters. The van der Waals surface area contributed by atoms with Crippen molar-refractivity contribution in [2.75, 3.05) is 13.2 Å². The highest BCUT2D eigenvalue weighted by Gasteiger charge is 2.32. The number of hydroxylamine groups is 1. The van der Waals surface area contributed by atoms with Gasteiger partial charge in [0.25, 0.3) is 0 Å². The standard InChI is InChI=1S/C11H15N3O4/c1-3-4-17-13-8-5-14(11(15)16)6-9-10(8)12-7(2)18-9/h3,8,13H,1,4-6H2,2H3,(H,15,16). The number of rotatable bonds is 4. The van der Waals surface area contributed by atoms with E-state index in [1.54, 1.807) is 13.0 Å². The van der Waals surface area contributed by atoms with Gasteiger partial charge in [-0.1, -0.05) is 6.08 Å². The Labute approximate surface area is 104 Å². The highest BCUT2D eigenvalue weighted by atomic mass is 16.6. The highest BCUT2D eigenvalue weighted by molar-refractivity contribution is 5.65. The van der Waals surface area contributed by atoms with E-state index in [4.69, 9.17) is 14.4 Å². The lowest BCUT2D eigenvalue weighted by Crippen LogP contribution is -2.42. The minimum Gasteiger partial charge on any atom is -0.465 e. The van der Waals surface area contributed by atoms with Gasteiger partial charge in [-0.2, -0.15) is 5.48 Å². The van der Waals surface area contributed by atoms with Crippen molar-refractivity contribution in [2.45, 2.75) is 19.5 Å². The van der Waals surface area contributed by atoms with Crippen LogP contribution >= 0.6 is 0 Å². The summed E-state index contributed by atoms with van der Waals surface area (Å²) in [7, 11) is 0. The molecule has 2 heterocycles. The molecule has 98 valence electrons. The van der Waals surface area contributed by atoms with Crippen molar-refractivity contribution in [3.05, 3.63) is 30.0 Å². The first-order chi connectivity index (χ1) is 8.61. The molecule has 2 N–H and O–H groups in total. The molecule has 7 heteroatoms.